The van der Waals surface area contributed by atoms with Crippen LogP contribution in [0.2, 0.25) is 0 Å². The largest absolute Gasteiger partial charge is 0.465 e. The van der Waals surface area contributed by atoms with E-state index in [1.165, 1.54) is 4.88 Å². The first kappa shape index (κ1) is 10.5. The highest BCUT2D eigenvalue weighted by atomic mass is 32.1. The summed E-state index contributed by atoms with van der Waals surface area (Å²) < 4.78 is 5.56. The highest BCUT2D eigenvalue weighted by Crippen LogP contribution is 2.17. The Bertz CT molecular complexity index is 405. The van der Waals surface area contributed by atoms with Crippen LogP contribution in [-0.4, -0.2) is 0 Å². The third-order valence-corrected chi connectivity index (χ3v) is 3.23. The SMILES string of the molecule is Cc1ccc(C(C)NCc2cccs2)o1. The average molecular weight is 221 g/mol. The molecule has 80 valence electrons. The number of nitrogens with one attached hydrogen (secondary N) is 1. The highest BCUT2D eigenvalue weighted by Gasteiger charge is 2.08. The lowest BCUT2D eigenvalue weighted by atomic mass is 10.2. The third-order valence-electron chi connectivity index (χ3n) is 2.35. The van der Waals surface area contributed by atoms with Crippen LogP contribution in [0.15, 0.2) is 34.1 Å². The van der Waals surface area contributed by atoms with Crippen molar-refractivity contribution in [3.8, 4) is 0 Å². The van der Waals surface area contributed by atoms with Gasteiger partial charge in [-0.15, -0.1) is 11.3 Å². The molecule has 0 bridgehead atoms. The molecule has 0 aliphatic rings. The van der Waals surface area contributed by atoms with E-state index in [-0.39, 0.29) is 6.04 Å². The van der Waals surface area contributed by atoms with E-state index < -0.39 is 0 Å². The maximum atomic E-state index is 5.56. The molecule has 2 heterocycles. The van der Waals surface area contributed by atoms with Gasteiger partial charge in [0.15, 0.2) is 0 Å². The molecule has 0 aromatic carbocycles. The van der Waals surface area contributed by atoms with Crippen molar-refractivity contribution in [2.75, 3.05) is 0 Å². The lowest BCUT2D eigenvalue weighted by Crippen LogP contribution is -2.16. The van der Waals surface area contributed by atoms with Gasteiger partial charge in [0.25, 0.3) is 0 Å². The van der Waals surface area contributed by atoms with Gasteiger partial charge >= 0.3 is 0 Å². The predicted molar refractivity (Wildman–Crippen MR) is 63.0 cm³/mol. The molecule has 0 aliphatic carbocycles. The zero-order chi connectivity index (χ0) is 10.7. The first-order valence-electron chi connectivity index (χ1n) is 5.08. The molecule has 0 saturated heterocycles. The van der Waals surface area contributed by atoms with E-state index in [0.717, 1.165) is 18.1 Å². The Hall–Kier alpha value is -1.06. The van der Waals surface area contributed by atoms with Gasteiger partial charge in [-0.25, -0.2) is 0 Å². The number of hydrogen-bond donors (Lipinski definition) is 1. The van der Waals surface area contributed by atoms with Crippen LogP contribution in [0.25, 0.3) is 0 Å². The van der Waals surface area contributed by atoms with Crippen molar-refractivity contribution >= 4 is 11.3 Å². The minimum atomic E-state index is 0.265. The van der Waals surface area contributed by atoms with Crippen molar-refractivity contribution in [2.24, 2.45) is 0 Å². The van der Waals surface area contributed by atoms with Crippen LogP contribution in [-0.2, 0) is 6.54 Å². The Kier molecular flexibility index (Phi) is 3.23. The van der Waals surface area contributed by atoms with Crippen LogP contribution in [0.5, 0.6) is 0 Å². The van der Waals surface area contributed by atoms with Gasteiger partial charge in [0.1, 0.15) is 11.5 Å². The second-order valence-electron chi connectivity index (χ2n) is 3.63. The fourth-order valence-electron chi connectivity index (χ4n) is 1.45. The van der Waals surface area contributed by atoms with Crippen LogP contribution in [0.1, 0.15) is 29.4 Å². The standard InChI is InChI=1S/C12H15NOS/c1-9-5-6-12(14-9)10(2)13-8-11-4-3-7-15-11/h3-7,10,13H,8H2,1-2H3. The molecular formula is C12H15NOS. The lowest BCUT2D eigenvalue weighted by Gasteiger charge is -2.09. The Morgan fingerprint density at radius 3 is 2.87 bits per heavy atom. The van der Waals surface area contributed by atoms with E-state index in [1.54, 1.807) is 11.3 Å². The van der Waals surface area contributed by atoms with Gasteiger partial charge in [-0.05, 0) is 37.4 Å². The van der Waals surface area contributed by atoms with Crippen molar-refractivity contribution in [1.29, 1.82) is 0 Å². The van der Waals surface area contributed by atoms with E-state index in [0.29, 0.717) is 0 Å². The predicted octanol–water partition coefficient (Wildman–Crippen LogP) is 3.50. The molecule has 15 heavy (non-hydrogen) atoms. The smallest absolute Gasteiger partial charge is 0.120 e. The lowest BCUT2D eigenvalue weighted by molar-refractivity contribution is 0.416. The molecule has 2 rings (SSSR count). The number of rotatable bonds is 4. The fourth-order valence-corrected chi connectivity index (χ4v) is 2.11. The molecule has 0 aliphatic heterocycles. The van der Waals surface area contributed by atoms with Crippen LogP contribution in [0, 0.1) is 6.92 Å². The number of aryl methyl sites for hydroxylation is 1. The fraction of sp³-hybridized carbons (Fsp3) is 0.333. The molecule has 0 fully saturated rings. The van der Waals surface area contributed by atoms with E-state index in [2.05, 4.69) is 29.8 Å². The second kappa shape index (κ2) is 4.64. The quantitative estimate of drug-likeness (QED) is 0.854. The van der Waals surface area contributed by atoms with Crippen LogP contribution < -0.4 is 5.32 Å². The molecule has 2 nitrogen and oxygen atoms in total. The summed E-state index contributed by atoms with van der Waals surface area (Å²) in [7, 11) is 0. The molecular weight excluding hydrogens is 206 g/mol. The summed E-state index contributed by atoms with van der Waals surface area (Å²) in [6, 6.07) is 8.50. The first-order valence-corrected chi connectivity index (χ1v) is 5.96. The van der Waals surface area contributed by atoms with Gasteiger partial charge in [-0.3, -0.25) is 0 Å². The molecule has 0 radical (unpaired) electrons. The third kappa shape index (κ3) is 2.70. The van der Waals surface area contributed by atoms with Crippen molar-refractivity contribution in [2.45, 2.75) is 26.4 Å². The first-order chi connectivity index (χ1) is 7.25. The van der Waals surface area contributed by atoms with Crippen molar-refractivity contribution in [1.82, 2.24) is 5.32 Å². The van der Waals surface area contributed by atoms with Crippen molar-refractivity contribution < 1.29 is 4.42 Å². The van der Waals surface area contributed by atoms with E-state index >= 15 is 0 Å². The van der Waals surface area contributed by atoms with Crippen molar-refractivity contribution in [3.63, 3.8) is 0 Å². The molecule has 2 aromatic rings. The van der Waals surface area contributed by atoms with Gasteiger partial charge in [0, 0.05) is 11.4 Å². The van der Waals surface area contributed by atoms with Gasteiger partial charge in [-0.1, -0.05) is 6.07 Å². The topological polar surface area (TPSA) is 25.2 Å². The number of furan rings is 1. The van der Waals surface area contributed by atoms with Gasteiger partial charge in [0.05, 0.1) is 6.04 Å². The van der Waals surface area contributed by atoms with Gasteiger partial charge in [-0.2, -0.15) is 0 Å². The molecule has 0 amide bonds. The minimum absolute atomic E-state index is 0.265. The average Bonchev–Trinajstić information content (AvgIpc) is 2.84. The summed E-state index contributed by atoms with van der Waals surface area (Å²) in [6.45, 7) is 4.99. The van der Waals surface area contributed by atoms with Gasteiger partial charge in [0.2, 0.25) is 0 Å². The molecule has 0 saturated carbocycles. The number of hydrogen-bond acceptors (Lipinski definition) is 3. The molecule has 2 aromatic heterocycles. The Morgan fingerprint density at radius 1 is 1.40 bits per heavy atom. The minimum Gasteiger partial charge on any atom is -0.465 e. The Labute approximate surface area is 93.9 Å². The second-order valence-corrected chi connectivity index (χ2v) is 4.66. The molecule has 1 atom stereocenters. The zero-order valence-corrected chi connectivity index (χ0v) is 9.80. The van der Waals surface area contributed by atoms with E-state index in [4.69, 9.17) is 4.42 Å². The Balaban J connectivity index is 1.90. The van der Waals surface area contributed by atoms with Crippen LogP contribution in [0.4, 0.5) is 0 Å². The zero-order valence-electron chi connectivity index (χ0n) is 8.99. The molecule has 1 N–H and O–H groups in total. The molecule has 0 spiro atoms. The van der Waals surface area contributed by atoms with E-state index in [9.17, 15) is 0 Å². The summed E-state index contributed by atoms with van der Waals surface area (Å²) in [6.07, 6.45) is 0. The van der Waals surface area contributed by atoms with Crippen molar-refractivity contribution in [3.05, 3.63) is 46.0 Å². The number of thiophene rings is 1. The van der Waals surface area contributed by atoms with Gasteiger partial charge < -0.3 is 9.73 Å². The summed E-state index contributed by atoms with van der Waals surface area (Å²) >= 11 is 1.77. The summed E-state index contributed by atoms with van der Waals surface area (Å²) in [5.41, 5.74) is 0. The molecule has 1 unspecified atom stereocenters. The summed E-state index contributed by atoms with van der Waals surface area (Å²) in [5, 5.41) is 5.53. The van der Waals surface area contributed by atoms with E-state index in [1.807, 2.05) is 19.1 Å². The maximum Gasteiger partial charge on any atom is 0.120 e. The summed E-state index contributed by atoms with van der Waals surface area (Å²) in [4.78, 5) is 1.35. The molecule has 3 heteroatoms. The Morgan fingerprint density at radius 2 is 2.27 bits per heavy atom. The normalized spacial score (nSPS) is 12.9. The highest BCUT2D eigenvalue weighted by molar-refractivity contribution is 7.09. The van der Waals surface area contributed by atoms with Crippen LogP contribution >= 0.6 is 11.3 Å². The maximum absolute atomic E-state index is 5.56. The monoisotopic (exact) mass is 221 g/mol. The van der Waals surface area contributed by atoms with Crippen LogP contribution in [0.3, 0.4) is 0 Å². The summed E-state index contributed by atoms with van der Waals surface area (Å²) in [5.74, 6) is 1.97.